The maximum absolute atomic E-state index is 13.4. The molecule has 8 heteroatoms. The largest absolute Gasteiger partial charge is 0.497 e. The fraction of sp³-hybridized carbons (Fsp3) is 0.435. The molecule has 1 amide bonds. The maximum Gasteiger partial charge on any atom is 0.331 e. The Morgan fingerprint density at radius 1 is 1.16 bits per heavy atom. The number of rotatable bonds is 6. The van der Waals surface area contributed by atoms with E-state index in [1.807, 2.05) is 35.7 Å². The standard InChI is InChI=1S/C23H27N3O4S/c1-24-21(27)17-8-6-15(7-9-17)13-26-22(28)20-19(10-11-31-20)25(23(26)29)14-16-4-3-5-18(12-16)30-2/h3-5,10-12,15,17H,6-9,13-14H2,1-2H3,(H,24,27). The van der Waals surface area contributed by atoms with Crippen molar-refractivity contribution in [3.8, 4) is 5.75 Å². The fourth-order valence-corrected chi connectivity index (χ4v) is 5.31. The van der Waals surface area contributed by atoms with E-state index in [9.17, 15) is 14.4 Å². The van der Waals surface area contributed by atoms with Crippen LogP contribution in [0.2, 0.25) is 0 Å². The Morgan fingerprint density at radius 2 is 1.94 bits per heavy atom. The van der Waals surface area contributed by atoms with Gasteiger partial charge < -0.3 is 10.1 Å². The van der Waals surface area contributed by atoms with Crippen molar-refractivity contribution < 1.29 is 9.53 Å². The molecule has 0 radical (unpaired) electrons. The predicted molar refractivity (Wildman–Crippen MR) is 122 cm³/mol. The monoisotopic (exact) mass is 441 g/mol. The van der Waals surface area contributed by atoms with E-state index in [0.717, 1.165) is 37.0 Å². The van der Waals surface area contributed by atoms with Crippen molar-refractivity contribution in [1.29, 1.82) is 0 Å². The Labute approximate surface area is 184 Å². The molecule has 0 atom stereocenters. The quantitative estimate of drug-likeness (QED) is 0.638. The van der Waals surface area contributed by atoms with E-state index < -0.39 is 0 Å². The van der Waals surface area contributed by atoms with Crippen molar-refractivity contribution in [3.05, 3.63) is 62.1 Å². The van der Waals surface area contributed by atoms with Gasteiger partial charge in [0.05, 0.1) is 19.2 Å². The first kappa shape index (κ1) is 21.4. The number of carbonyl (C=O) groups excluding carboxylic acids is 1. The van der Waals surface area contributed by atoms with E-state index in [0.29, 0.717) is 23.3 Å². The molecular formula is C23H27N3O4S. The van der Waals surface area contributed by atoms with Crippen LogP contribution in [0.15, 0.2) is 45.3 Å². The van der Waals surface area contributed by atoms with Gasteiger partial charge in [0.2, 0.25) is 5.91 Å². The molecule has 1 aliphatic carbocycles. The third-order valence-corrected chi connectivity index (χ3v) is 7.11. The molecule has 1 fully saturated rings. The lowest BCUT2D eigenvalue weighted by Gasteiger charge is -2.27. The number of carbonyl (C=O) groups is 1. The first-order valence-electron chi connectivity index (χ1n) is 10.6. The van der Waals surface area contributed by atoms with Crippen LogP contribution in [0.3, 0.4) is 0 Å². The molecule has 0 saturated heterocycles. The van der Waals surface area contributed by atoms with Crippen molar-refractivity contribution in [1.82, 2.24) is 14.5 Å². The van der Waals surface area contributed by atoms with Gasteiger partial charge in [-0.15, -0.1) is 11.3 Å². The number of nitrogens with zero attached hydrogens (tertiary/aromatic N) is 2. The summed E-state index contributed by atoms with van der Waals surface area (Å²) in [5.74, 6) is 1.06. The summed E-state index contributed by atoms with van der Waals surface area (Å²) in [6.07, 6.45) is 3.25. The van der Waals surface area contributed by atoms with Gasteiger partial charge in [0.15, 0.2) is 0 Å². The van der Waals surface area contributed by atoms with Gasteiger partial charge >= 0.3 is 5.69 Å². The second-order valence-electron chi connectivity index (χ2n) is 8.10. The zero-order valence-electron chi connectivity index (χ0n) is 17.8. The summed E-state index contributed by atoms with van der Waals surface area (Å²) in [5, 5.41) is 4.57. The van der Waals surface area contributed by atoms with Crippen LogP contribution in [0, 0.1) is 11.8 Å². The maximum atomic E-state index is 13.4. The number of amides is 1. The first-order valence-corrected chi connectivity index (χ1v) is 11.4. The van der Waals surface area contributed by atoms with E-state index in [1.165, 1.54) is 15.9 Å². The molecular weight excluding hydrogens is 414 g/mol. The van der Waals surface area contributed by atoms with Crippen molar-refractivity contribution in [2.75, 3.05) is 14.2 Å². The highest BCUT2D eigenvalue weighted by Gasteiger charge is 2.27. The molecule has 31 heavy (non-hydrogen) atoms. The SMILES string of the molecule is CNC(=O)C1CCC(Cn2c(=O)c3sccc3n(Cc3cccc(OC)c3)c2=O)CC1. The zero-order valence-corrected chi connectivity index (χ0v) is 18.6. The van der Waals surface area contributed by atoms with Crippen LogP contribution in [-0.2, 0) is 17.9 Å². The molecule has 4 rings (SSSR count). The fourth-order valence-electron chi connectivity index (χ4n) is 4.47. The Bertz CT molecular complexity index is 1200. The van der Waals surface area contributed by atoms with E-state index in [-0.39, 0.29) is 29.0 Å². The molecule has 3 aromatic rings. The third kappa shape index (κ3) is 4.30. The normalized spacial score (nSPS) is 18.8. The number of nitrogens with one attached hydrogen (secondary N) is 1. The van der Waals surface area contributed by atoms with Gasteiger partial charge in [0, 0.05) is 19.5 Å². The summed E-state index contributed by atoms with van der Waals surface area (Å²) in [5.41, 5.74) is 1.10. The van der Waals surface area contributed by atoms with Gasteiger partial charge in [-0.3, -0.25) is 18.7 Å². The number of thiophene rings is 1. The number of fused-ring (bicyclic) bond motifs is 1. The molecule has 2 heterocycles. The number of hydrogen-bond donors (Lipinski definition) is 1. The summed E-state index contributed by atoms with van der Waals surface area (Å²) in [4.78, 5) is 38.4. The summed E-state index contributed by atoms with van der Waals surface area (Å²) in [6, 6.07) is 9.44. The Balaban J connectivity index is 1.65. The first-order chi connectivity index (χ1) is 15.0. The highest BCUT2D eigenvalue weighted by Crippen LogP contribution is 2.29. The van der Waals surface area contributed by atoms with Crippen molar-refractivity contribution >= 4 is 27.5 Å². The Morgan fingerprint density at radius 3 is 2.65 bits per heavy atom. The van der Waals surface area contributed by atoms with Gasteiger partial charge in [-0.05, 0) is 60.7 Å². The van der Waals surface area contributed by atoms with E-state index in [2.05, 4.69) is 5.32 Å². The number of hydrogen-bond acceptors (Lipinski definition) is 5. The van der Waals surface area contributed by atoms with Crippen molar-refractivity contribution in [2.45, 2.75) is 38.8 Å². The minimum Gasteiger partial charge on any atom is -0.497 e. The molecule has 1 N–H and O–H groups in total. The molecule has 0 bridgehead atoms. The van der Waals surface area contributed by atoms with E-state index >= 15 is 0 Å². The Kier molecular flexibility index (Phi) is 6.27. The topological polar surface area (TPSA) is 82.3 Å². The molecule has 164 valence electrons. The van der Waals surface area contributed by atoms with Gasteiger partial charge in [-0.2, -0.15) is 0 Å². The third-order valence-electron chi connectivity index (χ3n) is 6.22. The summed E-state index contributed by atoms with van der Waals surface area (Å²) in [7, 11) is 3.27. The molecule has 1 aromatic carbocycles. The minimum atomic E-state index is -0.285. The van der Waals surface area contributed by atoms with Crippen LogP contribution < -0.4 is 21.3 Å². The lowest BCUT2D eigenvalue weighted by molar-refractivity contribution is -0.125. The smallest absolute Gasteiger partial charge is 0.331 e. The average molecular weight is 442 g/mol. The molecule has 0 aliphatic heterocycles. The minimum absolute atomic E-state index is 0.0301. The summed E-state index contributed by atoms with van der Waals surface area (Å²) < 4.78 is 8.97. The lowest BCUT2D eigenvalue weighted by Crippen LogP contribution is -2.42. The summed E-state index contributed by atoms with van der Waals surface area (Å²) >= 11 is 1.37. The van der Waals surface area contributed by atoms with Gasteiger partial charge in [-0.25, -0.2) is 4.79 Å². The second kappa shape index (κ2) is 9.09. The van der Waals surface area contributed by atoms with Crippen molar-refractivity contribution in [3.63, 3.8) is 0 Å². The van der Waals surface area contributed by atoms with Crippen LogP contribution >= 0.6 is 11.3 Å². The van der Waals surface area contributed by atoms with Gasteiger partial charge in [0.1, 0.15) is 10.4 Å². The van der Waals surface area contributed by atoms with Gasteiger partial charge in [-0.1, -0.05) is 12.1 Å². The lowest BCUT2D eigenvalue weighted by atomic mass is 9.81. The summed E-state index contributed by atoms with van der Waals surface area (Å²) in [6.45, 7) is 0.761. The zero-order chi connectivity index (χ0) is 22.0. The number of benzene rings is 1. The van der Waals surface area contributed by atoms with Crippen LogP contribution in [0.4, 0.5) is 0 Å². The van der Waals surface area contributed by atoms with Crippen LogP contribution in [0.1, 0.15) is 31.2 Å². The van der Waals surface area contributed by atoms with Crippen LogP contribution in [-0.4, -0.2) is 29.2 Å². The molecule has 1 saturated carbocycles. The van der Waals surface area contributed by atoms with Crippen LogP contribution in [0.25, 0.3) is 10.2 Å². The van der Waals surface area contributed by atoms with E-state index in [1.54, 1.807) is 18.7 Å². The van der Waals surface area contributed by atoms with Crippen molar-refractivity contribution in [2.24, 2.45) is 11.8 Å². The molecule has 0 spiro atoms. The number of ether oxygens (including phenoxy) is 1. The highest BCUT2D eigenvalue weighted by molar-refractivity contribution is 7.17. The average Bonchev–Trinajstić information content (AvgIpc) is 3.29. The Hall–Kier alpha value is -2.87. The molecule has 1 aliphatic rings. The van der Waals surface area contributed by atoms with Gasteiger partial charge in [0.25, 0.3) is 5.56 Å². The highest BCUT2D eigenvalue weighted by atomic mass is 32.1. The molecule has 2 aromatic heterocycles. The second-order valence-corrected chi connectivity index (χ2v) is 9.02. The number of methoxy groups -OCH3 is 1. The van der Waals surface area contributed by atoms with E-state index in [4.69, 9.17) is 4.74 Å². The van der Waals surface area contributed by atoms with Crippen LogP contribution in [0.5, 0.6) is 5.75 Å². The molecule has 0 unspecified atom stereocenters. The number of aromatic nitrogens is 2. The molecule has 7 nitrogen and oxygen atoms in total. The predicted octanol–water partition coefficient (Wildman–Crippen LogP) is 2.83.